The van der Waals surface area contributed by atoms with Crippen molar-refractivity contribution in [3.05, 3.63) is 59.9 Å². The number of aliphatic imine (C=N–C) groups is 1. The Kier molecular flexibility index (Phi) is 8.18. The molecule has 29 heavy (non-hydrogen) atoms. The Hall–Kier alpha value is -2.43. The number of aromatic amines is 1. The summed E-state index contributed by atoms with van der Waals surface area (Å²) < 4.78 is 18.8. The van der Waals surface area contributed by atoms with Gasteiger partial charge in [-0.3, -0.25) is 10.1 Å². The molecule has 0 radical (unpaired) electrons. The SMILES string of the molecule is CN=C(NCCc1nc(-c2ccco2)n[nH]1)NCC(C)(C)c1cccc(F)c1.I. The molecule has 2 aromatic heterocycles. The molecule has 0 unspecified atom stereocenters. The van der Waals surface area contributed by atoms with Crippen LogP contribution >= 0.6 is 24.0 Å². The summed E-state index contributed by atoms with van der Waals surface area (Å²) in [5.41, 5.74) is 0.686. The van der Waals surface area contributed by atoms with Crippen LogP contribution in [0.5, 0.6) is 0 Å². The molecule has 3 N–H and O–H groups in total. The van der Waals surface area contributed by atoms with Crippen LogP contribution in [0.15, 0.2) is 52.1 Å². The quantitative estimate of drug-likeness (QED) is 0.256. The van der Waals surface area contributed by atoms with Crippen LogP contribution in [0.2, 0.25) is 0 Å². The van der Waals surface area contributed by atoms with E-state index in [-0.39, 0.29) is 35.2 Å². The second-order valence-corrected chi connectivity index (χ2v) is 7.08. The number of H-pyrrole nitrogens is 1. The molecule has 0 atom stereocenters. The van der Waals surface area contributed by atoms with Crippen LogP contribution in [0.25, 0.3) is 11.6 Å². The van der Waals surface area contributed by atoms with Crippen molar-refractivity contribution in [3.8, 4) is 11.6 Å². The molecule has 156 valence electrons. The smallest absolute Gasteiger partial charge is 0.216 e. The number of nitrogens with one attached hydrogen (secondary N) is 3. The minimum atomic E-state index is -0.247. The number of benzene rings is 1. The van der Waals surface area contributed by atoms with Crippen molar-refractivity contribution in [1.82, 2.24) is 25.8 Å². The topological polar surface area (TPSA) is 91.1 Å². The summed E-state index contributed by atoms with van der Waals surface area (Å²) in [7, 11) is 1.72. The molecular formula is C20H26FIN6O. The van der Waals surface area contributed by atoms with Gasteiger partial charge in [0.1, 0.15) is 11.6 Å². The number of nitrogens with zero attached hydrogens (tertiary/aromatic N) is 3. The van der Waals surface area contributed by atoms with E-state index in [2.05, 4.69) is 44.7 Å². The Bertz CT molecular complexity index is 923. The van der Waals surface area contributed by atoms with E-state index in [1.807, 2.05) is 12.1 Å². The Balaban J connectivity index is 0.00000300. The molecule has 9 heteroatoms. The number of halogens is 2. The summed E-state index contributed by atoms with van der Waals surface area (Å²) in [4.78, 5) is 8.65. The summed E-state index contributed by atoms with van der Waals surface area (Å²) in [5.74, 6) is 2.38. The number of aromatic nitrogens is 3. The van der Waals surface area contributed by atoms with Crippen LogP contribution in [0.4, 0.5) is 4.39 Å². The van der Waals surface area contributed by atoms with Gasteiger partial charge in [-0.1, -0.05) is 26.0 Å². The van der Waals surface area contributed by atoms with Crippen LogP contribution in [-0.2, 0) is 11.8 Å². The first-order valence-electron chi connectivity index (χ1n) is 9.13. The van der Waals surface area contributed by atoms with E-state index in [1.54, 1.807) is 31.5 Å². The summed E-state index contributed by atoms with van der Waals surface area (Å²) in [6.45, 7) is 5.37. The second kappa shape index (κ2) is 10.4. The highest BCUT2D eigenvalue weighted by molar-refractivity contribution is 14.0. The highest BCUT2D eigenvalue weighted by Crippen LogP contribution is 2.22. The first-order valence-corrected chi connectivity index (χ1v) is 9.13. The van der Waals surface area contributed by atoms with Crippen LogP contribution in [0.3, 0.4) is 0 Å². The molecule has 0 saturated heterocycles. The molecule has 1 aromatic carbocycles. The van der Waals surface area contributed by atoms with Crippen molar-refractivity contribution < 1.29 is 8.81 Å². The molecule has 3 rings (SSSR count). The van der Waals surface area contributed by atoms with Gasteiger partial charge in [0.05, 0.1) is 6.26 Å². The third-order valence-corrected chi connectivity index (χ3v) is 4.46. The first-order chi connectivity index (χ1) is 13.5. The summed E-state index contributed by atoms with van der Waals surface area (Å²) >= 11 is 0. The third kappa shape index (κ3) is 6.28. The van der Waals surface area contributed by atoms with Crippen molar-refractivity contribution in [1.29, 1.82) is 0 Å². The average molecular weight is 512 g/mol. The highest BCUT2D eigenvalue weighted by Gasteiger charge is 2.21. The van der Waals surface area contributed by atoms with Gasteiger partial charge < -0.3 is 15.1 Å². The predicted octanol–water partition coefficient (Wildman–Crippen LogP) is 3.51. The summed E-state index contributed by atoms with van der Waals surface area (Å²) in [6, 6.07) is 10.3. The fourth-order valence-corrected chi connectivity index (χ4v) is 2.76. The maximum Gasteiger partial charge on any atom is 0.216 e. The van der Waals surface area contributed by atoms with Gasteiger partial charge in [-0.05, 0) is 29.8 Å². The molecule has 0 amide bonds. The Morgan fingerprint density at radius 3 is 2.76 bits per heavy atom. The molecule has 2 heterocycles. The van der Waals surface area contributed by atoms with E-state index < -0.39 is 0 Å². The van der Waals surface area contributed by atoms with Gasteiger partial charge >= 0.3 is 0 Å². The minimum absolute atomic E-state index is 0. The molecular weight excluding hydrogens is 486 g/mol. The van der Waals surface area contributed by atoms with E-state index in [9.17, 15) is 4.39 Å². The minimum Gasteiger partial charge on any atom is -0.461 e. The van der Waals surface area contributed by atoms with Gasteiger partial charge in [-0.15, -0.1) is 24.0 Å². The largest absolute Gasteiger partial charge is 0.461 e. The number of hydrogen-bond donors (Lipinski definition) is 3. The Morgan fingerprint density at radius 1 is 1.24 bits per heavy atom. The number of guanidine groups is 1. The highest BCUT2D eigenvalue weighted by atomic mass is 127. The van der Waals surface area contributed by atoms with Gasteiger partial charge in [0.2, 0.25) is 5.82 Å². The molecule has 0 saturated carbocycles. The number of rotatable bonds is 7. The third-order valence-electron chi connectivity index (χ3n) is 4.46. The van der Waals surface area contributed by atoms with Gasteiger partial charge in [0, 0.05) is 32.0 Å². The molecule has 0 aliphatic carbocycles. The van der Waals surface area contributed by atoms with Crippen molar-refractivity contribution in [3.63, 3.8) is 0 Å². The number of furan rings is 1. The summed E-state index contributed by atoms with van der Waals surface area (Å²) in [5, 5.41) is 13.6. The second-order valence-electron chi connectivity index (χ2n) is 7.08. The van der Waals surface area contributed by atoms with Gasteiger partial charge in [-0.2, -0.15) is 5.10 Å². The van der Waals surface area contributed by atoms with Gasteiger partial charge in [0.25, 0.3) is 0 Å². The molecule has 7 nitrogen and oxygen atoms in total. The zero-order valence-corrected chi connectivity index (χ0v) is 19.0. The van der Waals surface area contributed by atoms with Gasteiger partial charge in [0.15, 0.2) is 11.7 Å². The molecule has 0 aliphatic heterocycles. The fraction of sp³-hybridized carbons (Fsp3) is 0.350. The fourth-order valence-electron chi connectivity index (χ4n) is 2.76. The molecule has 0 fully saturated rings. The lowest BCUT2D eigenvalue weighted by molar-refractivity contribution is 0.503. The molecule has 0 aliphatic rings. The van der Waals surface area contributed by atoms with Crippen molar-refractivity contribution in [2.45, 2.75) is 25.7 Å². The standard InChI is InChI=1S/C20H25FN6O.HI/c1-20(2,14-6-4-7-15(21)12-14)13-24-19(22-3)23-10-9-17-25-18(27-26-17)16-8-5-11-28-16;/h4-8,11-12H,9-10,13H2,1-3H3,(H2,22,23,24)(H,25,26,27);1H. The zero-order valence-electron chi connectivity index (χ0n) is 16.7. The van der Waals surface area contributed by atoms with Crippen LogP contribution in [-0.4, -0.2) is 41.3 Å². The van der Waals surface area contributed by atoms with Crippen molar-refractivity contribution >= 4 is 29.9 Å². The first kappa shape index (κ1) is 22.9. The average Bonchev–Trinajstić information content (AvgIpc) is 3.36. The maximum absolute atomic E-state index is 13.5. The van der Waals surface area contributed by atoms with Crippen LogP contribution in [0.1, 0.15) is 25.2 Å². The van der Waals surface area contributed by atoms with Crippen molar-refractivity contribution in [2.24, 2.45) is 4.99 Å². The van der Waals surface area contributed by atoms with Crippen LogP contribution < -0.4 is 10.6 Å². The lowest BCUT2D eigenvalue weighted by atomic mass is 9.84. The van der Waals surface area contributed by atoms with Gasteiger partial charge in [-0.25, -0.2) is 9.37 Å². The van der Waals surface area contributed by atoms with E-state index in [4.69, 9.17) is 4.42 Å². The van der Waals surface area contributed by atoms with Crippen molar-refractivity contribution in [2.75, 3.05) is 20.1 Å². The Labute approximate surface area is 186 Å². The van der Waals surface area contributed by atoms with E-state index in [0.717, 1.165) is 11.4 Å². The lowest BCUT2D eigenvalue weighted by Gasteiger charge is -2.26. The maximum atomic E-state index is 13.5. The monoisotopic (exact) mass is 512 g/mol. The van der Waals surface area contributed by atoms with E-state index in [1.165, 1.54) is 6.07 Å². The number of hydrogen-bond acceptors (Lipinski definition) is 4. The van der Waals surface area contributed by atoms with E-state index >= 15 is 0 Å². The lowest BCUT2D eigenvalue weighted by Crippen LogP contribution is -2.44. The zero-order chi connectivity index (χ0) is 20.0. The van der Waals surface area contributed by atoms with Crippen LogP contribution in [0, 0.1) is 5.82 Å². The normalized spacial score (nSPS) is 11.8. The molecule has 0 spiro atoms. The summed E-state index contributed by atoms with van der Waals surface area (Å²) in [6.07, 6.45) is 2.25. The predicted molar refractivity (Wildman–Crippen MR) is 122 cm³/mol. The van der Waals surface area contributed by atoms with E-state index in [0.29, 0.717) is 37.1 Å². The molecule has 3 aromatic rings. The Morgan fingerprint density at radius 2 is 2.07 bits per heavy atom. The molecule has 0 bridgehead atoms.